The van der Waals surface area contributed by atoms with Crippen LogP contribution in [0.25, 0.3) is 0 Å². The first-order chi connectivity index (χ1) is 6.08. The molecule has 13 heavy (non-hydrogen) atoms. The average Bonchev–Trinajstić information content (AvgIpc) is 2.04. The molecule has 1 saturated heterocycles. The molecule has 1 fully saturated rings. The molecule has 0 aromatic carbocycles. The smallest absolute Gasteiger partial charge is 0.377 e. The summed E-state index contributed by atoms with van der Waals surface area (Å²) in [7, 11) is 0. The topological polar surface area (TPSA) is 21.3 Å². The monoisotopic (exact) mass is 197 g/mol. The maximum absolute atomic E-state index is 11.7. The van der Waals surface area contributed by atoms with Crippen molar-refractivity contribution in [1.29, 1.82) is 0 Å². The number of rotatable bonds is 3. The summed E-state index contributed by atoms with van der Waals surface area (Å²) < 4.78 is 40.4. The third-order valence-corrected chi connectivity index (χ3v) is 1.97. The Morgan fingerprint density at radius 3 is 2.62 bits per heavy atom. The average molecular weight is 197 g/mol. The molecule has 0 amide bonds. The molecule has 0 aliphatic carbocycles. The van der Waals surface area contributed by atoms with E-state index in [-0.39, 0.29) is 6.10 Å². The molecule has 0 aromatic rings. The van der Waals surface area contributed by atoms with Crippen LogP contribution >= 0.6 is 0 Å². The third kappa shape index (κ3) is 5.10. The number of halogens is 3. The minimum absolute atomic E-state index is 0.0314. The first kappa shape index (κ1) is 10.8. The van der Waals surface area contributed by atoms with Crippen LogP contribution in [0.3, 0.4) is 0 Å². The van der Waals surface area contributed by atoms with E-state index in [4.69, 9.17) is 4.74 Å². The fraction of sp³-hybridized carbons (Fsp3) is 1.00. The minimum atomic E-state index is -4.12. The van der Waals surface area contributed by atoms with Gasteiger partial charge in [0.1, 0.15) is 0 Å². The van der Waals surface area contributed by atoms with Crippen molar-refractivity contribution in [3.63, 3.8) is 0 Å². The van der Waals surface area contributed by atoms with Gasteiger partial charge in [-0.1, -0.05) is 0 Å². The van der Waals surface area contributed by atoms with Gasteiger partial charge in [-0.3, -0.25) is 0 Å². The second-order valence-corrected chi connectivity index (χ2v) is 3.23. The molecule has 1 unspecified atom stereocenters. The molecule has 0 saturated carbocycles. The van der Waals surface area contributed by atoms with Crippen molar-refractivity contribution < 1.29 is 17.9 Å². The Morgan fingerprint density at radius 2 is 2.08 bits per heavy atom. The molecule has 0 aromatic heterocycles. The van der Waals surface area contributed by atoms with Gasteiger partial charge in [0.15, 0.2) is 0 Å². The van der Waals surface area contributed by atoms with Crippen molar-refractivity contribution in [1.82, 2.24) is 5.32 Å². The van der Waals surface area contributed by atoms with Crippen molar-refractivity contribution in [2.24, 2.45) is 0 Å². The summed E-state index contributed by atoms with van der Waals surface area (Å²) in [4.78, 5) is 0. The van der Waals surface area contributed by atoms with Crippen molar-refractivity contribution in [3.05, 3.63) is 0 Å². The Labute approximate surface area is 75.4 Å². The summed E-state index contributed by atoms with van der Waals surface area (Å²) in [6, 6.07) is 0. The van der Waals surface area contributed by atoms with Crippen molar-refractivity contribution in [2.75, 3.05) is 19.7 Å². The van der Waals surface area contributed by atoms with Gasteiger partial charge in [0.05, 0.1) is 12.6 Å². The van der Waals surface area contributed by atoms with E-state index >= 15 is 0 Å². The zero-order chi connectivity index (χ0) is 9.73. The number of hydrogen-bond donors (Lipinski definition) is 1. The first-order valence-corrected chi connectivity index (χ1v) is 4.47. The fourth-order valence-electron chi connectivity index (χ4n) is 1.34. The predicted octanol–water partition coefficient (Wildman–Crippen LogP) is 1.71. The Morgan fingerprint density at radius 1 is 1.31 bits per heavy atom. The highest BCUT2D eigenvalue weighted by molar-refractivity contribution is 4.67. The molecular formula is C8H14F3NO. The lowest BCUT2D eigenvalue weighted by atomic mass is 10.1. The second kappa shape index (κ2) is 4.81. The molecule has 0 bridgehead atoms. The van der Waals surface area contributed by atoms with Gasteiger partial charge in [-0.25, -0.2) is 0 Å². The lowest BCUT2D eigenvalue weighted by Gasteiger charge is -2.23. The van der Waals surface area contributed by atoms with E-state index in [0.717, 1.165) is 19.3 Å². The minimum Gasteiger partial charge on any atom is -0.377 e. The molecule has 1 N–H and O–H groups in total. The number of alkyl halides is 3. The summed E-state index contributed by atoms with van der Waals surface area (Å²) in [5.74, 6) is 0. The van der Waals surface area contributed by atoms with E-state index in [1.54, 1.807) is 0 Å². The molecular weight excluding hydrogens is 183 g/mol. The van der Waals surface area contributed by atoms with Crippen LogP contribution in [0.4, 0.5) is 13.2 Å². The van der Waals surface area contributed by atoms with E-state index in [1.807, 2.05) is 0 Å². The lowest BCUT2D eigenvalue weighted by Crippen LogP contribution is -2.37. The maximum atomic E-state index is 11.7. The highest BCUT2D eigenvalue weighted by Crippen LogP contribution is 2.14. The van der Waals surface area contributed by atoms with Gasteiger partial charge in [0.25, 0.3) is 0 Å². The third-order valence-electron chi connectivity index (χ3n) is 1.97. The Hall–Kier alpha value is -0.290. The van der Waals surface area contributed by atoms with Crippen LogP contribution in [-0.4, -0.2) is 32.0 Å². The number of hydrogen-bond acceptors (Lipinski definition) is 2. The Balaban J connectivity index is 2.04. The highest BCUT2D eigenvalue weighted by Gasteiger charge is 2.26. The van der Waals surface area contributed by atoms with Gasteiger partial charge in [0.2, 0.25) is 0 Å². The molecule has 2 nitrogen and oxygen atoms in total. The van der Waals surface area contributed by atoms with Crippen LogP contribution in [0.15, 0.2) is 0 Å². The maximum Gasteiger partial charge on any atom is 0.401 e. The quantitative estimate of drug-likeness (QED) is 0.743. The Kier molecular flexibility index (Phi) is 3.99. The standard InChI is InChI=1S/C8H14F3NO/c9-8(10,11)6-12-5-7-3-1-2-4-13-7/h7,12H,1-6H2. The summed E-state index contributed by atoms with van der Waals surface area (Å²) in [6.45, 7) is 0.0603. The van der Waals surface area contributed by atoms with Gasteiger partial charge < -0.3 is 10.1 Å². The first-order valence-electron chi connectivity index (χ1n) is 4.47. The summed E-state index contributed by atoms with van der Waals surface area (Å²) in [5.41, 5.74) is 0. The van der Waals surface area contributed by atoms with Crippen LogP contribution in [0.5, 0.6) is 0 Å². The van der Waals surface area contributed by atoms with Gasteiger partial charge >= 0.3 is 6.18 Å². The van der Waals surface area contributed by atoms with Crippen LogP contribution in [0, 0.1) is 0 Å². The molecule has 1 aliphatic rings. The molecule has 1 heterocycles. The van der Waals surface area contributed by atoms with Crippen LogP contribution < -0.4 is 5.32 Å². The number of ether oxygens (including phenoxy) is 1. The van der Waals surface area contributed by atoms with Gasteiger partial charge in [-0.2, -0.15) is 13.2 Å². The van der Waals surface area contributed by atoms with E-state index in [0.29, 0.717) is 13.2 Å². The molecule has 5 heteroatoms. The molecule has 1 rings (SSSR count). The predicted molar refractivity (Wildman–Crippen MR) is 42.5 cm³/mol. The summed E-state index contributed by atoms with van der Waals surface area (Å²) >= 11 is 0. The van der Waals surface area contributed by atoms with E-state index in [2.05, 4.69) is 5.32 Å². The lowest BCUT2D eigenvalue weighted by molar-refractivity contribution is -0.126. The van der Waals surface area contributed by atoms with Crippen molar-refractivity contribution >= 4 is 0 Å². The number of nitrogens with one attached hydrogen (secondary N) is 1. The summed E-state index contributed by atoms with van der Waals surface area (Å²) in [5, 5.41) is 2.35. The van der Waals surface area contributed by atoms with E-state index in [9.17, 15) is 13.2 Å². The van der Waals surface area contributed by atoms with Gasteiger partial charge in [-0.15, -0.1) is 0 Å². The van der Waals surface area contributed by atoms with Crippen molar-refractivity contribution in [3.8, 4) is 0 Å². The molecule has 1 atom stereocenters. The van der Waals surface area contributed by atoms with Crippen LogP contribution in [0.2, 0.25) is 0 Å². The Bertz CT molecular complexity index is 143. The van der Waals surface area contributed by atoms with Crippen LogP contribution in [0.1, 0.15) is 19.3 Å². The van der Waals surface area contributed by atoms with Crippen LogP contribution in [-0.2, 0) is 4.74 Å². The zero-order valence-electron chi connectivity index (χ0n) is 7.36. The fourth-order valence-corrected chi connectivity index (χ4v) is 1.34. The molecule has 1 aliphatic heterocycles. The second-order valence-electron chi connectivity index (χ2n) is 3.23. The molecule has 78 valence electrons. The SMILES string of the molecule is FC(F)(F)CNCC1CCCCO1. The summed E-state index contributed by atoms with van der Waals surface area (Å²) in [6.07, 6.45) is -1.20. The zero-order valence-corrected chi connectivity index (χ0v) is 7.36. The molecule has 0 radical (unpaired) electrons. The highest BCUT2D eigenvalue weighted by atomic mass is 19.4. The van der Waals surface area contributed by atoms with Gasteiger partial charge in [-0.05, 0) is 19.3 Å². The van der Waals surface area contributed by atoms with E-state index in [1.165, 1.54) is 0 Å². The van der Waals surface area contributed by atoms with Gasteiger partial charge in [0, 0.05) is 13.2 Å². The van der Waals surface area contributed by atoms with Crippen molar-refractivity contribution in [2.45, 2.75) is 31.5 Å². The largest absolute Gasteiger partial charge is 0.401 e. The molecule has 0 spiro atoms. The van der Waals surface area contributed by atoms with E-state index < -0.39 is 12.7 Å². The normalized spacial score (nSPS) is 24.7.